The topological polar surface area (TPSA) is 52.7 Å². The van der Waals surface area contributed by atoms with Gasteiger partial charge in [0, 0.05) is 32.4 Å². The van der Waals surface area contributed by atoms with Crippen LogP contribution in [0.15, 0.2) is 53.4 Å². The molecule has 6 heteroatoms. The van der Waals surface area contributed by atoms with Gasteiger partial charge in [0.2, 0.25) is 10.0 Å². The fraction of sp³-hybridized carbons (Fsp3) is 0.400. The summed E-state index contributed by atoms with van der Waals surface area (Å²) in [7, 11) is 4.37. The molecule has 0 unspecified atom stereocenters. The van der Waals surface area contributed by atoms with Crippen molar-refractivity contribution < 1.29 is 8.42 Å². The maximum absolute atomic E-state index is 12.6. The number of hydrogen-bond donors (Lipinski definition) is 1. The molecule has 2 aromatic carbocycles. The van der Waals surface area contributed by atoms with Crippen molar-refractivity contribution in [2.24, 2.45) is 0 Å². The number of anilines is 1. The lowest BCUT2D eigenvalue weighted by Crippen LogP contribution is -2.34. The fourth-order valence-electron chi connectivity index (χ4n) is 2.77. The molecule has 2 aromatic rings. The highest BCUT2D eigenvalue weighted by atomic mass is 32.2. The summed E-state index contributed by atoms with van der Waals surface area (Å²) in [6, 6.07) is 15.2. The van der Waals surface area contributed by atoms with Crippen LogP contribution in [0.4, 0.5) is 5.69 Å². The van der Waals surface area contributed by atoms with E-state index in [4.69, 9.17) is 0 Å². The van der Waals surface area contributed by atoms with E-state index in [1.807, 2.05) is 81.3 Å². The maximum atomic E-state index is 12.6. The molecule has 0 saturated carbocycles. The Labute approximate surface area is 157 Å². The molecular weight excluding hydrogens is 346 g/mol. The van der Waals surface area contributed by atoms with Crippen LogP contribution in [-0.4, -0.2) is 48.1 Å². The van der Waals surface area contributed by atoms with Gasteiger partial charge in [0.05, 0.1) is 4.90 Å². The Morgan fingerprint density at radius 1 is 0.923 bits per heavy atom. The lowest BCUT2D eigenvalue weighted by molar-refractivity contribution is 0.299. The lowest BCUT2D eigenvalue weighted by Gasteiger charge is -2.25. The van der Waals surface area contributed by atoms with Crippen LogP contribution in [0.5, 0.6) is 0 Å². The zero-order chi connectivity index (χ0) is 19.3. The van der Waals surface area contributed by atoms with Crippen molar-refractivity contribution in [1.82, 2.24) is 9.62 Å². The maximum Gasteiger partial charge on any atom is 0.240 e. The highest BCUT2D eigenvalue weighted by Crippen LogP contribution is 2.22. The minimum Gasteiger partial charge on any atom is -0.378 e. The van der Waals surface area contributed by atoms with Crippen LogP contribution in [-0.2, 0) is 16.4 Å². The number of hydrogen-bond acceptors (Lipinski definition) is 4. The molecule has 0 aliphatic carbocycles. The van der Waals surface area contributed by atoms with Gasteiger partial charge in [0.1, 0.15) is 0 Å². The number of likely N-dealkylation sites (N-methyl/N-ethyl adjacent to an activating group) is 1. The first-order valence-electron chi connectivity index (χ1n) is 8.77. The number of rotatable bonds is 8. The second-order valence-corrected chi connectivity index (χ2v) is 8.58. The van der Waals surface area contributed by atoms with Gasteiger partial charge in [-0.3, -0.25) is 0 Å². The SMILES string of the molecule is CCc1ccc(S(=O)(=O)NC[C@H](c2ccc(N(C)C)cc2)N(C)C)cc1. The molecule has 2 rings (SSSR count). The summed E-state index contributed by atoms with van der Waals surface area (Å²) in [5.41, 5.74) is 3.31. The predicted octanol–water partition coefficient (Wildman–Crippen LogP) is 2.90. The van der Waals surface area contributed by atoms with E-state index in [1.54, 1.807) is 12.1 Å². The molecule has 0 saturated heterocycles. The van der Waals surface area contributed by atoms with Gasteiger partial charge in [-0.1, -0.05) is 31.2 Å². The van der Waals surface area contributed by atoms with E-state index in [-0.39, 0.29) is 6.04 Å². The molecule has 0 aromatic heterocycles. The third-order valence-electron chi connectivity index (χ3n) is 4.53. The van der Waals surface area contributed by atoms with E-state index in [9.17, 15) is 8.42 Å². The van der Waals surface area contributed by atoms with Crippen molar-refractivity contribution in [2.45, 2.75) is 24.3 Å². The minimum atomic E-state index is -3.53. The summed E-state index contributed by atoms with van der Waals surface area (Å²) in [5, 5.41) is 0. The van der Waals surface area contributed by atoms with E-state index in [0.29, 0.717) is 11.4 Å². The van der Waals surface area contributed by atoms with Crippen molar-refractivity contribution in [3.05, 3.63) is 59.7 Å². The number of sulfonamides is 1. The fourth-order valence-corrected chi connectivity index (χ4v) is 3.81. The van der Waals surface area contributed by atoms with Crippen molar-refractivity contribution in [3.8, 4) is 0 Å². The van der Waals surface area contributed by atoms with Crippen molar-refractivity contribution >= 4 is 15.7 Å². The Bertz CT molecular complexity index is 798. The van der Waals surface area contributed by atoms with Crippen molar-refractivity contribution in [1.29, 1.82) is 0 Å². The van der Waals surface area contributed by atoms with Crippen molar-refractivity contribution in [3.63, 3.8) is 0 Å². The Kier molecular flexibility index (Phi) is 6.81. The second kappa shape index (κ2) is 8.66. The summed E-state index contributed by atoms with van der Waals surface area (Å²) < 4.78 is 27.9. The molecular formula is C20H29N3O2S. The zero-order valence-corrected chi connectivity index (χ0v) is 17.0. The third kappa shape index (κ3) is 5.06. The van der Waals surface area contributed by atoms with E-state index < -0.39 is 10.0 Å². The monoisotopic (exact) mass is 375 g/mol. The van der Waals surface area contributed by atoms with Gasteiger partial charge in [-0.15, -0.1) is 0 Å². The van der Waals surface area contributed by atoms with E-state index in [1.165, 1.54) is 0 Å². The average molecular weight is 376 g/mol. The van der Waals surface area contributed by atoms with Crippen LogP contribution in [0.3, 0.4) is 0 Å². The molecule has 0 bridgehead atoms. The summed E-state index contributed by atoms with van der Waals surface area (Å²) in [5.74, 6) is 0. The highest BCUT2D eigenvalue weighted by molar-refractivity contribution is 7.89. The molecule has 0 heterocycles. The normalized spacial score (nSPS) is 13.0. The molecule has 26 heavy (non-hydrogen) atoms. The van der Waals surface area contributed by atoms with Gasteiger partial charge < -0.3 is 9.80 Å². The van der Waals surface area contributed by atoms with E-state index in [0.717, 1.165) is 23.2 Å². The average Bonchev–Trinajstić information content (AvgIpc) is 2.62. The summed E-state index contributed by atoms with van der Waals surface area (Å²) >= 11 is 0. The van der Waals surface area contributed by atoms with Crippen LogP contribution >= 0.6 is 0 Å². The van der Waals surface area contributed by atoms with E-state index in [2.05, 4.69) is 4.72 Å². The molecule has 1 N–H and O–H groups in total. The number of nitrogens with zero attached hydrogens (tertiary/aromatic N) is 2. The zero-order valence-electron chi connectivity index (χ0n) is 16.2. The van der Waals surface area contributed by atoms with Crippen LogP contribution in [0, 0.1) is 0 Å². The van der Waals surface area contributed by atoms with Gasteiger partial charge in [-0.25, -0.2) is 13.1 Å². The lowest BCUT2D eigenvalue weighted by atomic mass is 10.1. The predicted molar refractivity (Wildman–Crippen MR) is 108 cm³/mol. The Morgan fingerprint density at radius 2 is 1.50 bits per heavy atom. The molecule has 5 nitrogen and oxygen atoms in total. The van der Waals surface area contributed by atoms with Gasteiger partial charge in [0.15, 0.2) is 0 Å². The van der Waals surface area contributed by atoms with Gasteiger partial charge in [0.25, 0.3) is 0 Å². The Balaban J connectivity index is 2.14. The van der Waals surface area contributed by atoms with Crippen LogP contribution < -0.4 is 9.62 Å². The minimum absolute atomic E-state index is 0.0455. The van der Waals surface area contributed by atoms with Crippen LogP contribution in [0.2, 0.25) is 0 Å². The van der Waals surface area contributed by atoms with Crippen molar-refractivity contribution in [2.75, 3.05) is 39.6 Å². The third-order valence-corrected chi connectivity index (χ3v) is 5.97. The standard InChI is InChI=1S/C20H29N3O2S/c1-6-16-7-13-19(14-8-16)26(24,25)21-15-20(23(4)5)17-9-11-18(12-10-17)22(2)3/h7-14,20-21H,6,15H2,1-5H3/t20-/m1/s1. The number of nitrogens with one attached hydrogen (secondary N) is 1. The smallest absolute Gasteiger partial charge is 0.240 e. The van der Waals surface area contributed by atoms with Crippen LogP contribution in [0.25, 0.3) is 0 Å². The second-order valence-electron chi connectivity index (χ2n) is 6.81. The molecule has 1 atom stereocenters. The first-order chi connectivity index (χ1) is 12.2. The number of benzene rings is 2. The largest absolute Gasteiger partial charge is 0.378 e. The Hall–Kier alpha value is -1.89. The van der Waals surface area contributed by atoms with Gasteiger partial charge in [-0.2, -0.15) is 0 Å². The first-order valence-corrected chi connectivity index (χ1v) is 10.2. The quantitative estimate of drug-likeness (QED) is 0.771. The van der Waals surface area contributed by atoms with Gasteiger partial charge in [-0.05, 0) is 55.9 Å². The highest BCUT2D eigenvalue weighted by Gasteiger charge is 2.19. The van der Waals surface area contributed by atoms with Gasteiger partial charge >= 0.3 is 0 Å². The summed E-state index contributed by atoms with van der Waals surface area (Å²) in [6.07, 6.45) is 0.888. The molecule has 0 fully saturated rings. The molecule has 142 valence electrons. The Morgan fingerprint density at radius 3 is 1.96 bits per heavy atom. The molecule has 0 spiro atoms. The molecule has 0 amide bonds. The molecule has 0 radical (unpaired) electrons. The number of aryl methyl sites for hydroxylation is 1. The first kappa shape index (κ1) is 20.4. The summed E-state index contributed by atoms with van der Waals surface area (Å²) in [6.45, 7) is 2.36. The summed E-state index contributed by atoms with van der Waals surface area (Å²) in [4.78, 5) is 4.36. The molecule has 0 aliphatic heterocycles. The molecule has 0 aliphatic rings. The van der Waals surface area contributed by atoms with Crippen LogP contribution in [0.1, 0.15) is 24.1 Å². The van der Waals surface area contributed by atoms with E-state index >= 15 is 0 Å².